The minimum Gasteiger partial charge on any atom is -0.201 e. The van der Waals surface area contributed by atoms with Crippen molar-refractivity contribution < 1.29 is 5.94 Å². The number of aryl methyl sites for hydroxylation is 3. The lowest BCUT2D eigenvalue weighted by atomic mass is 9.69. The zero-order chi connectivity index (χ0) is 17.5. The predicted molar refractivity (Wildman–Crippen MR) is 95.6 cm³/mol. The second-order valence-electron chi connectivity index (χ2n) is 8.35. The molecule has 2 bridgehead atoms. The average molecular weight is 307 g/mol. The number of nitrogens with zero attached hydrogens (tertiary/aromatic N) is 1. The molecule has 2 unspecified atom stereocenters. The summed E-state index contributed by atoms with van der Waals surface area (Å²) in [4.78, 5) is 0. The Bertz CT molecular complexity index is 867. The van der Waals surface area contributed by atoms with Crippen molar-refractivity contribution in [1.29, 1.82) is 0 Å². The SMILES string of the molecule is [2H]C12CCC(C)(c3c[n+](C)c(-c4ccc(C)cc4C)cc31)C2(C)C. The second-order valence-corrected chi connectivity index (χ2v) is 8.35. The summed E-state index contributed by atoms with van der Waals surface area (Å²) >= 11 is 0. The molecule has 0 aliphatic heterocycles. The topological polar surface area (TPSA) is 3.88 Å². The van der Waals surface area contributed by atoms with Crippen LogP contribution in [0, 0.1) is 19.3 Å². The Morgan fingerprint density at radius 1 is 1.17 bits per heavy atom. The number of aromatic nitrogens is 1. The van der Waals surface area contributed by atoms with Crippen LogP contribution in [0.4, 0.5) is 0 Å². The van der Waals surface area contributed by atoms with E-state index < -0.39 is 5.89 Å². The summed E-state index contributed by atoms with van der Waals surface area (Å²) in [5.74, 6) is -0.460. The molecular weight excluding hydrogens is 278 g/mol. The van der Waals surface area contributed by atoms with E-state index in [1.165, 1.54) is 33.5 Å². The van der Waals surface area contributed by atoms with Gasteiger partial charge in [-0.15, -0.1) is 0 Å². The van der Waals surface area contributed by atoms with Crippen molar-refractivity contribution in [3.63, 3.8) is 0 Å². The van der Waals surface area contributed by atoms with Gasteiger partial charge in [-0.25, -0.2) is 4.57 Å². The molecule has 0 amide bonds. The van der Waals surface area contributed by atoms with E-state index in [1.54, 1.807) is 0 Å². The van der Waals surface area contributed by atoms with Crippen LogP contribution in [0.1, 0.15) is 63.1 Å². The van der Waals surface area contributed by atoms with Gasteiger partial charge in [-0.1, -0.05) is 38.5 Å². The lowest BCUT2D eigenvalue weighted by Gasteiger charge is -2.34. The third-order valence-corrected chi connectivity index (χ3v) is 6.86. The highest BCUT2D eigenvalue weighted by Crippen LogP contribution is 2.67. The van der Waals surface area contributed by atoms with Crippen LogP contribution in [-0.2, 0) is 12.5 Å². The molecule has 2 atom stereocenters. The molecule has 1 aromatic carbocycles. The molecule has 2 aromatic rings. The summed E-state index contributed by atoms with van der Waals surface area (Å²) in [5, 5.41) is 0. The van der Waals surface area contributed by atoms with Gasteiger partial charge >= 0.3 is 0 Å². The Labute approximate surface area is 141 Å². The van der Waals surface area contributed by atoms with E-state index in [9.17, 15) is 1.37 Å². The highest BCUT2D eigenvalue weighted by Gasteiger charge is 2.60. The Kier molecular flexibility index (Phi) is 2.67. The highest BCUT2D eigenvalue weighted by atomic mass is 14.9. The summed E-state index contributed by atoms with van der Waals surface area (Å²) < 4.78 is 11.6. The van der Waals surface area contributed by atoms with Crippen molar-refractivity contribution >= 4 is 0 Å². The van der Waals surface area contributed by atoms with E-state index >= 15 is 0 Å². The first kappa shape index (κ1) is 13.8. The van der Waals surface area contributed by atoms with E-state index in [2.05, 4.69) is 76.7 Å². The Morgan fingerprint density at radius 3 is 2.61 bits per heavy atom. The van der Waals surface area contributed by atoms with Gasteiger partial charge < -0.3 is 0 Å². The van der Waals surface area contributed by atoms with Crippen molar-refractivity contribution in [3.05, 3.63) is 52.7 Å². The fourth-order valence-corrected chi connectivity index (χ4v) is 4.98. The summed E-state index contributed by atoms with van der Waals surface area (Å²) in [5.41, 5.74) is 7.85. The lowest BCUT2D eigenvalue weighted by Crippen LogP contribution is -2.36. The first-order valence-electron chi connectivity index (χ1n) is 9.24. The Hall–Kier alpha value is -1.63. The van der Waals surface area contributed by atoms with Gasteiger partial charge in [0.25, 0.3) is 0 Å². The summed E-state index contributed by atoms with van der Waals surface area (Å²) in [7, 11) is 2.15. The minimum atomic E-state index is -0.460. The van der Waals surface area contributed by atoms with E-state index in [0.717, 1.165) is 12.8 Å². The zero-order valence-corrected chi connectivity index (χ0v) is 15.2. The molecule has 2 aliphatic rings. The molecule has 0 radical (unpaired) electrons. The zero-order valence-electron chi connectivity index (χ0n) is 16.2. The third-order valence-electron chi connectivity index (χ3n) is 6.86. The van der Waals surface area contributed by atoms with Gasteiger partial charge in [0.05, 0.1) is 0 Å². The molecule has 1 heteroatoms. The van der Waals surface area contributed by atoms with Crippen LogP contribution in [-0.4, -0.2) is 0 Å². The van der Waals surface area contributed by atoms with Crippen molar-refractivity contribution in [3.8, 4) is 11.3 Å². The van der Waals surface area contributed by atoms with Gasteiger partial charge in [0.2, 0.25) is 5.69 Å². The van der Waals surface area contributed by atoms with Crippen LogP contribution < -0.4 is 4.57 Å². The molecule has 1 fully saturated rings. The number of hydrogen-bond acceptors (Lipinski definition) is 0. The van der Waals surface area contributed by atoms with Gasteiger partial charge in [-0.2, -0.15) is 0 Å². The fraction of sp³-hybridized carbons (Fsp3) is 0.500. The summed E-state index contributed by atoms with van der Waals surface area (Å²) in [6, 6.07) is 8.97. The number of hydrogen-bond donors (Lipinski definition) is 0. The maximum absolute atomic E-state index is 9.29. The molecule has 0 N–H and O–H groups in total. The molecule has 1 nitrogen and oxygen atoms in total. The van der Waals surface area contributed by atoms with Crippen molar-refractivity contribution in [2.45, 2.75) is 58.8 Å². The average Bonchev–Trinajstić information content (AvgIpc) is 2.75. The largest absolute Gasteiger partial charge is 0.212 e. The number of rotatable bonds is 1. The molecule has 1 aromatic heterocycles. The predicted octanol–water partition coefficient (Wildman–Crippen LogP) is 4.97. The standard InChI is InChI=1S/C22H28N/c1-14-7-8-16(15(2)11-14)20-12-17-18-9-10-22(5,21(18,3)4)19(17)13-23(20)6/h7-8,11-13,18H,9-10H2,1-6H3/q+1/i18D. The van der Waals surface area contributed by atoms with Crippen LogP contribution in [0.25, 0.3) is 11.3 Å². The van der Waals surface area contributed by atoms with Gasteiger partial charge in [0, 0.05) is 24.0 Å². The number of benzene rings is 1. The monoisotopic (exact) mass is 307 g/mol. The van der Waals surface area contributed by atoms with Crippen molar-refractivity contribution in [2.75, 3.05) is 0 Å². The van der Waals surface area contributed by atoms with Crippen molar-refractivity contribution in [1.82, 2.24) is 0 Å². The highest BCUT2D eigenvalue weighted by molar-refractivity contribution is 5.64. The molecule has 2 aliphatic carbocycles. The van der Waals surface area contributed by atoms with Gasteiger partial charge in [-0.05, 0) is 55.2 Å². The molecule has 4 rings (SSSR count). The minimum absolute atomic E-state index is 0.0176. The van der Waals surface area contributed by atoms with Gasteiger partial charge in [0.15, 0.2) is 6.20 Å². The first-order valence-corrected chi connectivity index (χ1v) is 8.74. The molecule has 0 spiro atoms. The summed E-state index contributed by atoms with van der Waals surface area (Å²) in [6.45, 7) is 11.3. The van der Waals surface area contributed by atoms with Crippen LogP contribution >= 0.6 is 0 Å². The third kappa shape index (κ3) is 1.77. The maximum atomic E-state index is 9.29. The Morgan fingerprint density at radius 2 is 1.91 bits per heavy atom. The molecule has 23 heavy (non-hydrogen) atoms. The van der Waals surface area contributed by atoms with Crippen LogP contribution in [0.5, 0.6) is 0 Å². The van der Waals surface area contributed by atoms with E-state index in [1.807, 2.05) is 0 Å². The van der Waals surface area contributed by atoms with Gasteiger partial charge in [-0.3, -0.25) is 0 Å². The van der Waals surface area contributed by atoms with Crippen LogP contribution in [0.2, 0.25) is 0 Å². The van der Waals surface area contributed by atoms with Crippen LogP contribution in [0.3, 0.4) is 0 Å². The Balaban J connectivity index is 1.98. The lowest BCUT2D eigenvalue weighted by molar-refractivity contribution is -0.661. The quantitative estimate of drug-likeness (QED) is 0.655. The summed E-state index contributed by atoms with van der Waals surface area (Å²) in [6.07, 6.45) is 4.41. The van der Waals surface area contributed by atoms with Crippen molar-refractivity contribution in [2.24, 2.45) is 12.5 Å². The normalized spacial score (nSPS) is 31.1. The second kappa shape index (κ2) is 4.47. The maximum Gasteiger partial charge on any atom is 0.212 e. The molecule has 120 valence electrons. The molecule has 1 saturated carbocycles. The first-order chi connectivity index (χ1) is 11.1. The molecule has 0 saturated heterocycles. The molecule has 1 heterocycles. The van der Waals surface area contributed by atoms with E-state index in [-0.39, 0.29) is 10.8 Å². The number of pyridine rings is 1. The van der Waals surface area contributed by atoms with E-state index in [4.69, 9.17) is 0 Å². The number of fused-ring (bicyclic) bond motifs is 5. The fourth-order valence-electron chi connectivity index (χ4n) is 4.98. The molecular formula is C22H28N+. The van der Waals surface area contributed by atoms with Crippen LogP contribution in [0.15, 0.2) is 30.5 Å². The smallest absolute Gasteiger partial charge is 0.201 e. The van der Waals surface area contributed by atoms with E-state index in [0.29, 0.717) is 0 Å². The van der Waals surface area contributed by atoms with Gasteiger partial charge in [0.1, 0.15) is 7.05 Å².